The Morgan fingerprint density at radius 3 is 1.93 bits per heavy atom. The summed E-state index contributed by atoms with van der Waals surface area (Å²) in [5, 5.41) is 0. The van der Waals surface area contributed by atoms with Crippen LogP contribution in [-0.2, 0) is 24.0 Å². The summed E-state index contributed by atoms with van der Waals surface area (Å²) in [5.74, 6) is -1.18. The average molecular weight is 236 g/mol. The van der Waals surface area contributed by atoms with Crippen molar-refractivity contribution in [3.05, 3.63) is 25.3 Å². The molecule has 0 atom stereocenters. The number of primary amides is 1. The molecule has 15 heavy (non-hydrogen) atoms. The molecule has 0 aliphatic rings. The molecule has 0 heterocycles. The van der Waals surface area contributed by atoms with Crippen molar-refractivity contribution < 1.29 is 22.3 Å². The van der Waals surface area contributed by atoms with Crippen molar-refractivity contribution in [1.82, 2.24) is 5.48 Å². The fourth-order valence-corrected chi connectivity index (χ4v) is 0.392. The van der Waals surface area contributed by atoms with Crippen molar-refractivity contribution in [3.63, 3.8) is 0 Å². The van der Waals surface area contributed by atoms with Gasteiger partial charge in [0.15, 0.2) is 0 Å². The number of amides is 2. The van der Waals surface area contributed by atoms with E-state index < -0.39 is 21.9 Å². The summed E-state index contributed by atoms with van der Waals surface area (Å²) in [6.07, 6.45) is 2.77. The molecule has 0 rings (SSSR count). The minimum Gasteiger partial charge on any atom is -0.366 e. The smallest absolute Gasteiger partial charge is 0.285 e. The molecule has 0 radical (unpaired) electrons. The summed E-state index contributed by atoms with van der Waals surface area (Å²) in [4.78, 5) is 19.7. The van der Waals surface area contributed by atoms with E-state index in [4.69, 9.17) is 0 Å². The standard InChI is InChI=1S/C4H7NO4S.C3H5NO/c1-3-4(6)5-9-10(2,7)8;1-2-3(4)5/h3H,1H2,2H3,(H,5,6);2H,1H2,(H2,4,5). The van der Waals surface area contributed by atoms with Crippen molar-refractivity contribution in [3.8, 4) is 0 Å². The second kappa shape index (κ2) is 7.71. The predicted octanol–water partition coefficient (Wildman–Crippen LogP) is -1.16. The van der Waals surface area contributed by atoms with Crippen LogP contribution in [0.25, 0.3) is 0 Å². The third kappa shape index (κ3) is 19.0. The summed E-state index contributed by atoms with van der Waals surface area (Å²) < 4.78 is 24.2. The molecule has 3 N–H and O–H groups in total. The van der Waals surface area contributed by atoms with Gasteiger partial charge in [-0.15, -0.1) is 4.28 Å². The normalized spacial score (nSPS) is 9.13. The number of carbonyl (C=O) groups excluding carboxylic acids is 2. The van der Waals surface area contributed by atoms with Crippen LogP contribution in [0.15, 0.2) is 25.3 Å². The molecule has 0 unspecified atom stereocenters. The van der Waals surface area contributed by atoms with E-state index in [0.29, 0.717) is 0 Å². The van der Waals surface area contributed by atoms with E-state index in [1.807, 2.05) is 0 Å². The Morgan fingerprint density at radius 2 is 1.73 bits per heavy atom. The van der Waals surface area contributed by atoms with Gasteiger partial charge in [0.05, 0.1) is 6.26 Å². The maximum atomic E-state index is 10.2. The molecule has 7 nitrogen and oxygen atoms in total. The van der Waals surface area contributed by atoms with Crippen LogP contribution < -0.4 is 11.2 Å². The minimum absolute atomic E-state index is 0.481. The molecule has 0 fully saturated rings. The molecule has 0 spiro atoms. The SMILES string of the molecule is C=CC(=O)NOS(C)(=O)=O.C=CC(N)=O. The van der Waals surface area contributed by atoms with Gasteiger partial charge < -0.3 is 5.73 Å². The summed E-state index contributed by atoms with van der Waals surface area (Å²) >= 11 is 0. The van der Waals surface area contributed by atoms with E-state index in [0.717, 1.165) is 18.4 Å². The Morgan fingerprint density at radius 1 is 1.33 bits per heavy atom. The van der Waals surface area contributed by atoms with E-state index in [1.54, 1.807) is 5.48 Å². The number of nitrogens with one attached hydrogen (secondary N) is 1. The van der Waals surface area contributed by atoms with Gasteiger partial charge in [0.2, 0.25) is 5.91 Å². The van der Waals surface area contributed by atoms with Gasteiger partial charge in [-0.05, 0) is 12.2 Å². The lowest BCUT2D eigenvalue weighted by Crippen LogP contribution is -2.24. The van der Waals surface area contributed by atoms with E-state index in [9.17, 15) is 18.0 Å². The highest BCUT2D eigenvalue weighted by Gasteiger charge is 2.02. The highest BCUT2D eigenvalue weighted by Crippen LogP contribution is 1.80. The first-order valence-corrected chi connectivity index (χ1v) is 5.27. The van der Waals surface area contributed by atoms with Crippen molar-refractivity contribution in [2.24, 2.45) is 5.73 Å². The van der Waals surface area contributed by atoms with Crippen LogP contribution in [0.5, 0.6) is 0 Å². The maximum absolute atomic E-state index is 10.2. The van der Waals surface area contributed by atoms with Crippen molar-refractivity contribution in [2.75, 3.05) is 6.26 Å². The van der Waals surface area contributed by atoms with Crippen molar-refractivity contribution in [2.45, 2.75) is 0 Å². The molecule has 86 valence electrons. The second-order valence-corrected chi connectivity index (χ2v) is 3.64. The minimum atomic E-state index is -3.61. The largest absolute Gasteiger partial charge is 0.366 e. The number of rotatable bonds is 4. The van der Waals surface area contributed by atoms with Crippen LogP contribution in [-0.4, -0.2) is 26.5 Å². The Labute approximate surface area is 87.7 Å². The third-order valence-corrected chi connectivity index (χ3v) is 1.07. The molecule has 0 saturated heterocycles. The summed E-state index contributed by atoms with van der Waals surface area (Å²) in [5.41, 5.74) is 6.16. The molecule has 0 aromatic carbocycles. The maximum Gasteiger partial charge on any atom is 0.285 e. The first-order valence-electron chi connectivity index (χ1n) is 3.45. The van der Waals surface area contributed by atoms with Gasteiger partial charge in [-0.2, -0.15) is 8.42 Å². The Kier molecular flexibility index (Phi) is 8.11. The molecule has 0 aromatic rings. The van der Waals surface area contributed by atoms with Crippen LogP contribution >= 0.6 is 0 Å². The Hall–Kier alpha value is -1.67. The van der Waals surface area contributed by atoms with Gasteiger partial charge in [-0.3, -0.25) is 9.59 Å². The fourth-order valence-electron chi connectivity index (χ4n) is 0.158. The molecule has 8 heteroatoms. The van der Waals surface area contributed by atoms with Crippen molar-refractivity contribution in [1.29, 1.82) is 0 Å². The highest BCUT2D eigenvalue weighted by atomic mass is 32.2. The average Bonchev–Trinajstić information content (AvgIpc) is 2.14. The summed E-state index contributed by atoms with van der Waals surface area (Å²) in [6.45, 7) is 6.16. The van der Waals surface area contributed by atoms with Crippen molar-refractivity contribution >= 4 is 21.9 Å². The molecule has 0 aliphatic heterocycles. The Balaban J connectivity index is 0. The second-order valence-electron chi connectivity index (χ2n) is 2.06. The van der Waals surface area contributed by atoms with E-state index in [-0.39, 0.29) is 0 Å². The molecule has 0 saturated carbocycles. The lowest BCUT2D eigenvalue weighted by Gasteiger charge is -1.97. The zero-order valence-electron chi connectivity index (χ0n) is 8.10. The van der Waals surface area contributed by atoms with Crippen LogP contribution in [0.3, 0.4) is 0 Å². The quantitative estimate of drug-likeness (QED) is 0.471. The van der Waals surface area contributed by atoms with Gasteiger partial charge >= 0.3 is 0 Å². The first kappa shape index (κ1) is 15.8. The number of nitrogens with two attached hydrogens (primary N) is 1. The molecular formula is C7H12N2O5S. The van der Waals surface area contributed by atoms with Crippen LogP contribution in [0.1, 0.15) is 0 Å². The van der Waals surface area contributed by atoms with Gasteiger partial charge in [-0.25, -0.2) is 5.48 Å². The molecule has 2 amide bonds. The number of hydroxylamine groups is 1. The predicted molar refractivity (Wildman–Crippen MR) is 53.7 cm³/mol. The number of hydrogen-bond donors (Lipinski definition) is 2. The van der Waals surface area contributed by atoms with Gasteiger partial charge in [0.1, 0.15) is 0 Å². The van der Waals surface area contributed by atoms with E-state index in [1.165, 1.54) is 0 Å². The zero-order chi connectivity index (χ0) is 12.5. The molecule has 0 aromatic heterocycles. The number of carbonyl (C=O) groups is 2. The Bertz CT molecular complexity index is 346. The van der Waals surface area contributed by atoms with Gasteiger partial charge in [0.25, 0.3) is 16.0 Å². The molecule has 0 aliphatic carbocycles. The topological polar surface area (TPSA) is 116 Å². The van der Waals surface area contributed by atoms with Crippen LogP contribution in [0.4, 0.5) is 0 Å². The van der Waals surface area contributed by atoms with Crippen LogP contribution in [0.2, 0.25) is 0 Å². The third-order valence-electron chi connectivity index (χ3n) is 0.680. The number of hydrogen-bond acceptors (Lipinski definition) is 5. The summed E-state index contributed by atoms with van der Waals surface area (Å²) in [7, 11) is -3.61. The van der Waals surface area contributed by atoms with Crippen LogP contribution in [0, 0.1) is 0 Å². The zero-order valence-corrected chi connectivity index (χ0v) is 8.91. The van der Waals surface area contributed by atoms with Gasteiger partial charge in [0, 0.05) is 0 Å². The van der Waals surface area contributed by atoms with E-state index >= 15 is 0 Å². The monoisotopic (exact) mass is 236 g/mol. The van der Waals surface area contributed by atoms with E-state index in [2.05, 4.69) is 23.2 Å². The fraction of sp³-hybridized carbons (Fsp3) is 0.143. The van der Waals surface area contributed by atoms with Gasteiger partial charge in [-0.1, -0.05) is 13.2 Å². The molecular weight excluding hydrogens is 224 g/mol. The highest BCUT2D eigenvalue weighted by molar-refractivity contribution is 7.85. The first-order chi connectivity index (χ1) is 6.72. The lowest BCUT2D eigenvalue weighted by molar-refractivity contribution is -0.122. The lowest BCUT2D eigenvalue weighted by atomic mass is 10.6. The summed E-state index contributed by atoms with van der Waals surface area (Å²) in [6, 6.07) is 0. The molecule has 0 bridgehead atoms.